The molecule has 8 unspecified atom stereocenters. The van der Waals surface area contributed by atoms with E-state index in [2.05, 4.69) is 0 Å². The average Bonchev–Trinajstić information content (AvgIpc) is 3.05. The fourth-order valence-corrected chi connectivity index (χ4v) is 8.49. The Bertz CT molecular complexity index is 1210. The number of ketones is 1. The van der Waals surface area contributed by atoms with Crippen LogP contribution in [-0.2, 0) is 38.0 Å². The van der Waals surface area contributed by atoms with E-state index in [1.165, 1.54) is 34.8 Å². The molecule has 3 rings (SSSR count). The summed E-state index contributed by atoms with van der Waals surface area (Å²) in [5.74, 6) is -5.15. The molecule has 15 nitrogen and oxygen atoms in total. The van der Waals surface area contributed by atoms with Gasteiger partial charge in [-0.25, -0.2) is 0 Å². The van der Waals surface area contributed by atoms with Gasteiger partial charge in [-0.05, 0) is 75.4 Å². The first kappa shape index (κ1) is 45.1. The van der Waals surface area contributed by atoms with Crippen LogP contribution in [0.15, 0.2) is 0 Å². The Kier molecular flexibility index (Phi) is 14.6. The van der Waals surface area contributed by atoms with E-state index in [0.717, 1.165) is 0 Å². The van der Waals surface area contributed by atoms with Gasteiger partial charge in [0, 0.05) is 37.8 Å². The Morgan fingerprint density at radius 3 is 2.02 bits per heavy atom. The Balaban J connectivity index is 2.22. The number of cyclic esters (lactones) is 1. The number of aliphatic hydroxyl groups excluding tert-OH is 3. The first-order valence-corrected chi connectivity index (χ1v) is 18.5. The second-order valence-electron chi connectivity index (χ2n) is 16.8. The smallest absolute Gasteiger partial charge is 0.311 e. The van der Waals surface area contributed by atoms with E-state index in [1.807, 2.05) is 25.9 Å². The molecule has 3 aliphatic rings. The summed E-state index contributed by atoms with van der Waals surface area (Å²) in [4.78, 5) is 29.8. The molecule has 0 amide bonds. The van der Waals surface area contributed by atoms with Gasteiger partial charge in [0.25, 0.3) is 0 Å². The van der Waals surface area contributed by atoms with Gasteiger partial charge in [0.1, 0.15) is 29.5 Å². The molecule has 52 heavy (non-hydrogen) atoms. The van der Waals surface area contributed by atoms with E-state index < -0.39 is 114 Å². The Morgan fingerprint density at radius 1 is 0.885 bits per heavy atom. The largest absolute Gasteiger partial charge is 0.459 e. The summed E-state index contributed by atoms with van der Waals surface area (Å²) in [6, 6.07) is -0.380. The van der Waals surface area contributed by atoms with Gasteiger partial charge in [-0.3, -0.25) is 9.59 Å². The van der Waals surface area contributed by atoms with Crippen LogP contribution >= 0.6 is 0 Å². The van der Waals surface area contributed by atoms with Crippen LogP contribution in [0.1, 0.15) is 94.9 Å². The average molecular weight is 750 g/mol. The highest BCUT2D eigenvalue weighted by atomic mass is 16.7. The quantitative estimate of drug-likeness (QED) is 0.200. The van der Waals surface area contributed by atoms with Crippen LogP contribution in [0.25, 0.3) is 0 Å². The highest BCUT2D eigenvalue weighted by Gasteiger charge is 2.55. The number of hydrogen-bond donors (Lipinski definition) is 6. The van der Waals surface area contributed by atoms with Gasteiger partial charge in [0.15, 0.2) is 18.4 Å². The third-order valence-electron chi connectivity index (χ3n) is 11.8. The monoisotopic (exact) mass is 749 g/mol. The maximum Gasteiger partial charge on any atom is 0.311 e. The van der Waals surface area contributed by atoms with Gasteiger partial charge in [-0.2, -0.15) is 0 Å². The van der Waals surface area contributed by atoms with E-state index in [-0.39, 0.29) is 25.0 Å². The van der Waals surface area contributed by atoms with E-state index in [4.69, 9.17) is 28.4 Å². The molecule has 0 aromatic rings. The van der Waals surface area contributed by atoms with Crippen molar-refractivity contribution in [2.24, 2.45) is 17.8 Å². The molecule has 0 radical (unpaired) electrons. The van der Waals surface area contributed by atoms with Gasteiger partial charge in [0.2, 0.25) is 0 Å². The van der Waals surface area contributed by atoms with Crippen LogP contribution in [-0.4, -0.2) is 158 Å². The minimum Gasteiger partial charge on any atom is -0.459 e. The first-order valence-electron chi connectivity index (χ1n) is 18.5. The van der Waals surface area contributed by atoms with Gasteiger partial charge in [0.05, 0.1) is 47.6 Å². The van der Waals surface area contributed by atoms with Gasteiger partial charge >= 0.3 is 5.97 Å². The van der Waals surface area contributed by atoms with Crippen molar-refractivity contribution in [3.8, 4) is 0 Å². The van der Waals surface area contributed by atoms with Crippen LogP contribution < -0.4 is 0 Å². The van der Waals surface area contributed by atoms with E-state index >= 15 is 0 Å². The van der Waals surface area contributed by atoms with Crippen LogP contribution in [0.3, 0.4) is 0 Å². The molecule has 3 aliphatic heterocycles. The van der Waals surface area contributed by atoms with Crippen LogP contribution in [0.2, 0.25) is 0 Å². The predicted octanol–water partition coefficient (Wildman–Crippen LogP) is 0.901. The highest BCUT2D eigenvalue weighted by Crippen LogP contribution is 2.41. The molecule has 304 valence electrons. The summed E-state index contributed by atoms with van der Waals surface area (Å²) in [5.41, 5.74) is -7.56. The van der Waals surface area contributed by atoms with Gasteiger partial charge in [-0.15, -0.1) is 0 Å². The maximum atomic E-state index is 14.1. The van der Waals surface area contributed by atoms with Crippen molar-refractivity contribution in [2.75, 3.05) is 21.2 Å². The number of carbonyl (C=O) groups is 2. The summed E-state index contributed by atoms with van der Waals surface area (Å²) in [6.45, 7) is 15.3. The fraction of sp³-hybridized carbons (Fsp3) is 0.946. The minimum atomic E-state index is -2.27. The molecule has 6 N–H and O–H groups in total. The van der Waals surface area contributed by atoms with Crippen LogP contribution in [0.4, 0.5) is 0 Å². The molecular weight excluding hydrogens is 682 g/mol. The molecule has 3 fully saturated rings. The van der Waals surface area contributed by atoms with Crippen molar-refractivity contribution in [2.45, 2.75) is 185 Å². The molecule has 15 heteroatoms. The maximum absolute atomic E-state index is 14.1. The zero-order valence-corrected chi connectivity index (χ0v) is 33.3. The summed E-state index contributed by atoms with van der Waals surface area (Å²) < 4.78 is 36.8. The zero-order chi connectivity index (χ0) is 39.9. The van der Waals surface area contributed by atoms with Crippen molar-refractivity contribution in [3.05, 3.63) is 0 Å². The second-order valence-corrected chi connectivity index (χ2v) is 16.8. The summed E-state index contributed by atoms with van der Waals surface area (Å²) in [7, 11) is 5.09. The normalized spacial score (nSPS) is 50.5. The number of nitrogens with zero attached hydrogens (tertiary/aromatic N) is 1. The van der Waals surface area contributed by atoms with Crippen molar-refractivity contribution >= 4 is 11.8 Å². The molecule has 0 saturated carbocycles. The number of esters is 1. The van der Waals surface area contributed by atoms with Crippen molar-refractivity contribution < 1.29 is 68.6 Å². The van der Waals surface area contributed by atoms with Gasteiger partial charge < -0.3 is 64.0 Å². The molecular formula is C37H67NO14. The lowest BCUT2D eigenvalue weighted by Crippen LogP contribution is -2.63. The summed E-state index contributed by atoms with van der Waals surface area (Å²) in [6.07, 6.45) is -11.2. The van der Waals surface area contributed by atoms with Crippen molar-refractivity contribution in [1.29, 1.82) is 0 Å². The second kappa shape index (κ2) is 16.8. The van der Waals surface area contributed by atoms with Crippen molar-refractivity contribution in [1.82, 2.24) is 4.90 Å². The van der Waals surface area contributed by atoms with Crippen LogP contribution in [0, 0.1) is 17.8 Å². The minimum absolute atomic E-state index is 0.0496. The van der Waals surface area contributed by atoms with E-state index in [1.54, 1.807) is 34.6 Å². The number of ether oxygens (including phenoxy) is 6. The lowest BCUT2D eigenvalue weighted by Gasteiger charge is -2.49. The topological polar surface area (TPSA) is 214 Å². The zero-order valence-electron chi connectivity index (χ0n) is 33.3. The Morgan fingerprint density at radius 2 is 1.48 bits per heavy atom. The Hall–Kier alpha value is -1.34. The highest BCUT2D eigenvalue weighted by molar-refractivity contribution is 5.89. The number of aliphatic hydroxyl groups is 6. The molecule has 3 saturated heterocycles. The number of carbonyl (C=O) groups excluding carboxylic acids is 2. The lowest BCUT2D eigenvalue weighted by atomic mass is 9.72. The SMILES string of the molecule is CC[C@H]1OC(=O)[C@H](C)[C@@H](OC2CC(C)(OC)C(O)C(C)O2)[C@H](C)[C@@H](OC2OC(C)CC(N(C)C)C2O)[C@](C)(O)C[C@](C)(O)C(=O)[C@H](C)[C@@H](O)[C@]1(C)O. The number of methoxy groups -OCH3 is 1. The molecule has 0 spiro atoms. The fourth-order valence-electron chi connectivity index (χ4n) is 8.49. The van der Waals surface area contributed by atoms with E-state index in [0.29, 0.717) is 6.42 Å². The predicted molar refractivity (Wildman–Crippen MR) is 188 cm³/mol. The summed E-state index contributed by atoms with van der Waals surface area (Å²) in [5, 5.41) is 69.4. The van der Waals surface area contributed by atoms with Crippen LogP contribution in [0.5, 0.6) is 0 Å². The molecule has 0 aromatic heterocycles. The van der Waals surface area contributed by atoms with Gasteiger partial charge in [-0.1, -0.05) is 20.8 Å². The molecule has 18 atom stereocenters. The number of Topliss-reactive ketones (excluding diaryl/α,β-unsaturated/α-hetero) is 1. The molecule has 0 bridgehead atoms. The molecule has 0 aliphatic carbocycles. The Labute approximate surface area is 308 Å². The number of hydrogen-bond acceptors (Lipinski definition) is 15. The lowest BCUT2D eigenvalue weighted by molar-refractivity contribution is -0.319. The van der Waals surface area contributed by atoms with Crippen molar-refractivity contribution in [3.63, 3.8) is 0 Å². The third kappa shape index (κ3) is 9.36. The standard InChI is InChI=1S/C37H67NO14/c1-14-24-37(10,46)29(41)21(5)28(40)34(7,44)17-35(8,45)31(52-33-26(39)23(38(11)12)15-18(2)48-33)19(3)27(20(4)32(43)50-24)51-25-16-36(9,47-13)30(42)22(6)49-25/h18-27,29-31,33,39,41-42,44-46H,14-17H2,1-13H3/t18?,19-,20+,21-,22?,23?,24+,25?,26?,27-,29+,30?,31+,33?,34-,35+,36?,37+/m0/s1. The number of rotatable bonds is 7. The number of likely N-dealkylation sites (N-methyl/N-ethyl adjacent to an activating group) is 1. The van der Waals surface area contributed by atoms with E-state index in [9.17, 15) is 40.2 Å². The first-order chi connectivity index (χ1) is 23.7. The third-order valence-corrected chi connectivity index (χ3v) is 11.8. The molecule has 0 aromatic carbocycles. The summed E-state index contributed by atoms with van der Waals surface area (Å²) >= 11 is 0. The molecule has 3 heterocycles.